The summed E-state index contributed by atoms with van der Waals surface area (Å²) in [6, 6.07) is 29.8. The highest BCUT2D eigenvalue weighted by Gasteiger charge is 2.33. The van der Waals surface area contributed by atoms with Gasteiger partial charge in [0.1, 0.15) is 5.82 Å². The van der Waals surface area contributed by atoms with Gasteiger partial charge in [0.2, 0.25) is 9.84 Å². The van der Waals surface area contributed by atoms with Gasteiger partial charge in [-0.15, -0.1) is 0 Å². The second-order valence-corrected chi connectivity index (χ2v) is 10.4. The minimum absolute atomic E-state index is 0.314. The molecular weight excluding hydrogens is 428 g/mol. The first-order valence-electron chi connectivity index (χ1n) is 10.8. The van der Waals surface area contributed by atoms with Gasteiger partial charge in [0.15, 0.2) is 0 Å². The average Bonchev–Trinajstić information content (AvgIpc) is 3.18. The molecule has 2 heterocycles. The van der Waals surface area contributed by atoms with E-state index < -0.39 is 9.84 Å². The van der Waals surface area contributed by atoms with Gasteiger partial charge in [-0.05, 0) is 69.9 Å². The molecule has 0 fully saturated rings. The van der Waals surface area contributed by atoms with Crippen LogP contribution in [0, 0.1) is 6.92 Å². The summed E-state index contributed by atoms with van der Waals surface area (Å²) >= 11 is 0. The number of imidazole rings is 1. The summed E-state index contributed by atoms with van der Waals surface area (Å²) in [5.74, 6) is 0.775. The van der Waals surface area contributed by atoms with Crippen LogP contribution in [0.15, 0.2) is 101 Å². The zero-order valence-corrected chi connectivity index (χ0v) is 18.6. The Labute approximate surface area is 190 Å². The minimum atomic E-state index is -3.68. The molecule has 0 radical (unpaired) electrons. The molecule has 6 aromatic rings. The fourth-order valence-corrected chi connectivity index (χ4v) is 6.88. The highest BCUT2D eigenvalue weighted by Crippen LogP contribution is 2.42. The third-order valence-corrected chi connectivity index (χ3v) is 8.48. The van der Waals surface area contributed by atoms with Crippen molar-refractivity contribution in [1.29, 1.82) is 0 Å². The standard InChI is InChI=1S/C28H18N2O2S/c1-17-29-24-11-6-12-26-28(24)30(17)25-14-13-19(16-27(25)33(26,31)32)23-15-18-7-2-3-8-20(18)21-9-4-5-10-22(21)23/h2-16H,1H3. The first-order valence-corrected chi connectivity index (χ1v) is 12.3. The number of nitrogens with zero attached hydrogens (tertiary/aromatic N) is 2. The topological polar surface area (TPSA) is 52.0 Å². The number of sulfone groups is 1. The molecule has 7 rings (SSSR count). The van der Waals surface area contributed by atoms with E-state index in [0.717, 1.165) is 33.1 Å². The Bertz CT molecular complexity index is 1900. The van der Waals surface area contributed by atoms with E-state index in [-0.39, 0.29) is 0 Å². The number of hydrogen-bond donors (Lipinski definition) is 0. The van der Waals surface area contributed by atoms with Crippen LogP contribution >= 0.6 is 0 Å². The van der Waals surface area contributed by atoms with E-state index in [1.54, 1.807) is 12.1 Å². The molecule has 1 aliphatic rings. The van der Waals surface area contributed by atoms with E-state index >= 15 is 0 Å². The molecule has 0 saturated heterocycles. The number of para-hydroxylation sites is 1. The SMILES string of the molecule is Cc1nc2cccc3c2n1-c1ccc(-c2cc4ccccc4c4ccccc24)cc1S3(=O)=O. The predicted octanol–water partition coefficient (Wildman–Crippen LogP) is 6.45. The quantitative estimate of drug-likeness (QED) is 0.272. The molecule has 1 aromatic heterocycles. The Morgan fingerprint density at radius 2 is 1.48 bits per heavy atom. The summed E-state index contributed by atoms with van der Waals surface area (Å²) < 4.78 is 29.4. The predicted molar refractivity (Wildman–Crippen MR) is 132 cm³/mol. The van der Waals surface area contributed by atoms with Crippen molar-refractivity contribution in [3.05, 3.63) is 96.8 Å². The van der Waals surface area contributed by atoms with Gasteiger partial charge in [-0.2, -0.15) is 0 Å². The molecule has 158 valence electrons. The van der Waals surface area contributed by atoms with E-state index in [4.69, 9.17) is 0 Å². The van der Waals surface area contributed by atoms with Crippen molar-refractivity contribution in [3.8, 4) is 16.8 Å². The minimum Gasteiger partial charge on any atom is -0.294 e. The molecule has 0 atom stereocenters. The van der Waals surface area contributed by atoms with Crippen LogP contribution in [0.2, 0.25) is 0 Å². The largest absolute Gasteiger partial charge is 0.294 e. The Hall–Kier alpha value is -3.96. The average molecular weight is 447 g/mol. The van der Waals surface area contributed by atoms with Gasteiger partial charge in [-0.25, -0.2) is 13.4 Å². The lowest BCUT2D eigenvalue weighted by Crippen LogP contribution is -2.15. The summed E-state index contributed by atoms with van der Waals surface area (Å²) in [6.45, 7) is 1.91. The van der Waals surface area contributed by atoms with Crippen molar-refractivity contribution in [1.82, 2.24) is 9.55 Å². The van der Waals surface area contributed by atoms with Crippen molar-refractivity contribution >= 4 is 42.4 Å². The molecule has 5 heteroatoms. The first-order chi connectivity index (χ1) is 16.0. The van der Waals surface area contributed by atoms with Crippen molar-refractivity contribution < 1.29 is 8.42 Å². The summed E-state index contributed by atoms with van der Waals surface area (Å²) in [5, 5.41) is 4.58. The van der Waals surface area contributed by atoms with Crippen molar-refractivity contribution in [2.24, 2.45) is 0 Å². The van der Waals surface area contributed by atoms with Crippen LogP contribution in [-0.4, -0.2) is 18.0 Å². The fourth-order valence-electron chi connectivity index (χ4n) is 5.22. The van der Waals surface area contributed by atoms with E-state index in [9.17, 15) is 8.42 Å². The Balaban J connectivity index is 1.57. The van der Waals surface area contributed by atoms with Gasteiger partial charge in [0.25, 0.3) is 0 Å². The van der Waals surface area contributed by atoms with E-state index in [0.29, 0.717) is 26.5 Å². The third-order valence-electron chi connectivity index (χ3n) is 6.67. The van der Waals surface area contributed by atoms with Crippen LogP contribution in [0.3, 0.4) is 0 Å². The zero-order chi connectivity index (χ0) is 22.3. The Kier molecular flexibility index (Phi) is 3.55. The van der Waals surface area contributed by atoms with Gasteiger partial charge in [-0.3, -0.25) is 4.57 Å². The molecule has 0 aliphatic carbocycles. The van der Waals surface area contributed by atoms with Gasteiger partial charge in [0.05, 0.1) is 26.5 Å². The zero-order valence-electron chi connectivity index (χ0n) is 17.8. The van der Waals surface area contributed by atoms with Crippen molar-refractivity contribution in [2.45, 2.75) is 16.7 Å². The van der Waals surface area contributed by atoms with Crippen LogP contribution in [0.1, 0.15) is 5.82 Å². The van der Waals surface area contributed by atoms with Gasteiger partial charge in [-0.1, -0.05) is 60.7 Å². The van der Waals surface area contributed by atoms with Crippen molar-refractivity contribution in [2.75, 3.05) is 0 Å². The highest BCUT2D eigenvalue weighted by atomic mass is 32.2. The van der Waals surface area contributed by atoms with Crippen molar-refractivity contribution in [3.63, 3.8) is 0 Å². The van der Waals surface area contributed by atoms with Crippen LogP contribution in [-0.2, 0) is 9.84 Å². The van der Waals surface area contributed by atoms with E-state index in [2.05, 4.69) is 35.3 Å². The van der Waals surface area contributed by atoms with Gasteiger partial charge < -0.3 is 0 Å². The highest BCUT2D eigenvalue weighted by molar-refractivity contribution is 7.92. The second kappa shape index (κ2) is 6.30. The molecule has 0 unspecified atom stereocenters. The molecule has 33 heavy (non-hydrogen) atoms. The maximum Gasteiger partial charge on any atom is 0.210 e. The molecule has 4 nitrogen and oxygen atoms in total. The summed E-state index contributed by atoms with van der Waals surface area (Å²) in [5.41, 5.74) is 3.92. The van der Waals surface area contributed by atoms with Crippen LogP contribution in [0.25, 0.3) is 49.4 Å². The lowest BCUT2D eigenvalue weighted by molar-refractivity contribution is 0.594. The normalized spacial score (nSPS) is 14.1. The number of rotatable bonds is 1. The van der Waals surface area contributed by atoms with Crippen LogP contribution in [0.5, 0.6) is 0 Å². The molecule has 0 amide bonds. The van der Waals surface area contributed by atoms with Crippen LogP contribution in [0.4, 0.5) is 0 Å². The number of hydrogen-bond acceptors (Lipinski definition) is 3. The molecule has 1 aliphatic heterocycles. The first kappa shape index (κ1) is 18.6. The van der Waals surface area contributed by atoms with Gasteiger partial charge >= 0.3 is 0 Å². The third kappa shape index (κ3) is 2.40. The Morgan fingerprint density at radius 3 is 2.33 bits per heavy atom. The lowest BCUT2D eigenvalue weighted by atomic mass is 9.93. The second-order valence-electron chi connectivity index (χ2n) is 8.50. The molecule has 0 bridgehead atoms. The summed E-state index contributed by atoms with van der Waals surface area (Å²) in [7, 11) is -3.68. The summed E-state index contributed by atoms with van der Waals surface area (Å²) in [6.07, 6.45) is 0. The maximum atomic E-state index is 13.7. The van der Waals surface area contributed by atoms with Crippen LogP contribution < -0.4 is 0 Å². The molecular formula is C28H18N2O2S. The lowest BCUT2D eigenvalue weighted by Gasteiger charge is -2.21. The number of aromatic nitrogens is 2. The Morgan fingerprint density at radius 1 is 0.727 bits per heavy atom. The van der Waals surface area contributed by atoms with E-state index in [1.165, 1.54) is 5.39 Å². The molecule has 0 saturated carbocycles. The molecule has 5 aromatic carbocycles. The monoisotopic (exact) mass is 446 g/mol. The molecule has 0 N–H and O–H groups in total. The summed E-state index contributed by atoms with van der Waals surface area (Å²) in [4.78, 5) is 5.23. The maximum absolute atomic E-state index is 13.7. The fraction of sp³-hybridized carbons (Fsp3) is 0.0357. The number of benzene rings is 5. The number of fused-ring (bicyclic) bond motifs is 5. The smallest absolute Gasteiger partial charge is 0.210 e. The van der Waals surface area contributed by atoms with E-state index in [1.807, 2.05) is 60.0 Å². The molecule has 0 spiro atoms. The number of aryl methyl sites for hydroxylation is 1. The van der Waals surface area contributed by atoms with Gasteiger partial charge in [0, 0.05) is 0 Å².